The van der Waals surface area contributed by atoms with Gasteiger partial charge >= 0.3 is 5.97 Å². The first-order valence-corrected chi connectivity index (χ1v) is 7.44. The molecule has 0 bridgehead atoms. The van der Waals surface area contributed by atoms with Gasteiger partial charge in [0.25, 0.3) is 0 Å². The summed E-state index contributed by atoms with van der Waals surface area (Å²) in [7, 11) is 1.66. The molecule has 1 spiro atoms. The standard InChI is InChI=1S/C19H15NO3/c1-20-17(22)19(14-8-4-2-5-9-14,15-10-6-3-7-11-15)18(20)13-12-16(21)23-18/h2-13H,1H3. The molecule has 0 aromatic heterocycles. The molecule has 1 saturated heterocycles. The van der Waals surface area contributed by atoms with Crippen molar-refractivity contribution >= 4 is 11.9 Å². The Labute approximate surface area is 134 Å². The molecule has 0 saturated carbocycles. The monoisotopic (exact) mass is 305 g/mol. The molecule has 4 heteroatoms. The van der Waals surface area contributed by atoms with Gasteiger partial charge in [0.05, 0.1) is 0 Å². The maximum Gasteiger partial charge on any atom is 0.333 e. The summed E-state index contributed by atoms with van der Waals surface area (Å²) in [6, 6.07) is 19.0. The highest BCUT2D eigenvalue weighted by Gasteiger charge is 2.74. The highest BCUT2D eigenvalue weighted by Crippen LogP contribution is 2.56. The SMILES string of the molecule is CN1C(=O)C(c2ccccc2)(c2ccccc2)C12C=CC(=O)O2. The lowest BCUT2D eigenvalue weighted by atomic mass is 9.59. The summed E-state index contributed by atoms with van der Waals surface area (Å²) in [6.45, 7) is 0. The van der Waals surface area contributed by atoms with Gasteiger partial charge in [-0.3, -0.25) is 4.79 Å². The molecule has 23 heavy (non-hydrogen) atoms. The first kappa shape index (κ1) is 13.8. The van der Waals surface area contributed by atoms with Crippen molar-refractivity contribution in [2.45, 2.75) is 11.1 Å². The van der Waals surface area contributed by atoms with E-state index in [1.165, 1.54) is 11.0 Å². The zero-order valence-corrected chi connectivity index (χ0v) is 12.6. The van der Waals surface area contributed by atoms with Crippen molar-refractivity contribution in [1.82, 2.24) is 4.90 Å². The third kappa shape index (κ3) is 1.50. The summed E-state index contributed by atoms with van der Waals surface area (Å²) >= 11 is 0. The molecule has 2 aromatic carbocycles. The maximum atomic E-state index is 13.1. The molecule has 1 fully saturated rings. The van der Waals surface area contributed by atoms with E-state index in [2.05, 4.69) is 0 Å². The molecule has 2 aromatic rings. The van der Waals surface area contributed by atoms with E-state index in [4.69, 9.17) is 4.74 Å². The van der Waals surface area contributed by atoms with Crippen LogP contribution in [-0.4, -0.2) is 29.5 Å². The Morgan fingerprint density at radius 1 is 0.870 bits per heavy atom. The fourth-order valence-electron chi connectivity index (χ4n) is 3.74. The van der Waals surface area contributed by atoms with Gasteiger partial charge in [0, 0.05) is 13.1 Å². The molecule has 2 heterocycles. The average molecular weight is 305 g/mol. The number of hydrogen-bond donors (Lipinski definition) is 0. The second-order valence-corrected chi connectivity index (χ2v) is 5.80. The Morgan fingerprint density at radius 2 is 1.39 bits per heavy atom. The molecule has 1 atom stereocenters. The zero-order chi connectivity index (χ0) is 16.1. The van der Waals surface area contributed by atoms with Crippen molar-refractivity contribution in [2.24, 2.45) is 0 Å². The highest BCUT2D eigenvalue weighted by molar-refractivity contribution is 6.04. The van der Waals surface area contributed by atoms with E-state index in [0.29, 0.717) is 0 Å². The molecule has 0 N–H and O–H groups in total. The molecule has 1 amide bonds. The Balaban J connectivity index is 2.03. The molecule has 0 aliphatic carbocycles. The normalized spacial score (nSPS) is 24.7. The third-order valence-electron chi connectivity index (χ3n) is 4.78. The van der Waals surface area contributed by atoms with Crippen LogP contribution in [0.15, 0.2) is 72.8 Å². The van der Waals surface area contributed by atoms with Crippen LogP contribution in [0.1, 0.15) is 11.1 Å². The minimum atomic E-state index is -1.11. The molecule has 114 valence electrons. The number of hydrogen-bond acceptors (Lipinski definition) is 3. The van der Waals surface area contributed by atoms with Gasteiger partial charge in [-0.2, -0.15) is 0 Å². The Bertz CT molecular complexity index is 774. The lowest BCUT2D eigenvalue weighted by Gasteiger charge is -2.59. The van der Waals surface area contributed by atoms with Crippen molar-refractivity contribution < 1.29 is 14.3 Å². The number of amides is 1. The predicted molar refractivity (Wildman–Crippen MR) is 84.4 cm³/mol. The maximum absolute atomic E-state index is 13.1. The third-order valence-corrected chi connectivity index (χ3v) is 4.78. The van der Waals surface area contributed by atoms with Crippen LogP contribution in [0.3, 0.4) is 0 Å². The number of benzene rings is 2. The van der Waals surface area contributed by atoms with Gasteiger partial charge in [-0.05, 0) is 17.2 Å². The van der Waals surface area contributed by atoms with Crippen LogP contribution in [0.25, 0.3) is 0 Å². The summed E-state index contributed by atoms with van der Waals surface area (Å²) in [4.78, 5) is 26.4. The number of nitrogens with zero attached hydrogens (tertiary/aromatic N) is 1. The summed E-state index contributed by atoms with van der Waals surface area (Å²) in [5.74, 6) is -0.519. The topological polar surface area (TPSA) is 46.6 Å². The number of likely N-dealkylation sites (N-methyl/N-ethyl adjacent to an activating group) is 1. The van der Waals surface area contributed by atoms with E-state index in [1.54, 1.807) is 13.1 Å². The number of ether oxygens (including phenoxy) is 1. The van der Waals surface area contributed by atoms with Gasteiger partial charge < -0.3 is 9.64 Å². The Morgan fingerprint density at radius 3 is 1.83 bits per heavy atom. The average Bonchev–Trinajstić information content (AvgIpc) is 3.01. The van der Waals surface area contributed by atoms with Crippen molar-refractivity contribution in [2.75, 3.05) is 7.05 Å². The quantitative estimate of drug-likeness (QED) is 0.631. The molecule has 4 rings (SSSR count). The minimum absolute atomic E-state index is 0.0887. The molecule has 0 radical (unpaired) electrons. The van der Waals surface area contributed by atoms with Crippen molar-refractivity contribution in [3.63, 3.8) is 0 Å². The van der Waals surface area contributed by atoms with Crippen LogP contribution in [0.4, 0.5) is 0 Å². The number of β-lactam (4-membered cyclic amide) rings is 1. The first-order chi connectivity index (χ1) is 11.1. The number of carbonyl (C=O) groups excluding carboxylic acids is 2. The number of carbonyl (C=O) groups is 2. The molecule has 4 nitrogen and oxygen atoms in total. The molecule has 2 aliphatic heterocycles. The second-order valence-electron chi connectivity index (χ2n) is 5.80. The fraction of sp³-hybridized carbons (Fsp3) is 0.158. The summed E-state index contributed by atoms with van der Waals surface area (Å²) in [6.07, 6.45) is 3.08. The predicted octanol–water partition coefficient (Wildman–Crippen LogP) is 2.25. The summed E-state index contributed by atoms with van der Waals surface area (Å²) < 4.78 is 5.65. The van der Waals surface area contributed by atoms with E-state index in [9.17, 15) is 9.59 Å². The summed E-state index contributed by atoms with van der Waals surface area (Å²) in [5, 5.41) is 0. The number of likely N-dealkylation sites (tertiary alicyclic amines) is 1. The van der Waals surface area contributed by atoms with Crippen LogP contribution in [-0.2, 0) is 19.7 Å². The van der Waals surface area contributed by atoms with Gasteiger partial charge in [0.2, 0.25) is 11.6 Å². The van der Waals surface area contributed by atoms with E-state index < -0.39 is 17.1 Å². The van der Waals surface area contributed by atoms with Crippen LogP contribution >= 0.6 is 0 Å². The molecular formula is C19H15NO3. The largest absolute Gasteiger partial charge is 0.430 e. The van der Waals surface area contributed by atoms with Gasteiger partial charge in [0.1, 0.15) is 0 Å². The van der Waals surface area contributed by atoms with Crippen molar-refractivity contribution in [3.05, 3.63) is 83.9 Å². The molecule has 1 unspecified atom stereocenters. The number of rotatable bonds is 2. The molecular weight excluding hydrogens is 290 g/mol. The second kappa shape index (κ2) is 4.56. The van der Waals surface area contributed by atoms with E-state index in [0.717, 1.165) is 11.1 Å². The van der Waals surface area contributed by atoms with E-state index in [1.807, 2.05) is 60.7 Å². The Kier molecular flexibility index (Phi) is 2.73. The fourth-order valence-corrected chi connectivity index (χ4v) is 3.74. The minimum Gasteiger partial charge on any atom is -0.430 e. The zero-order valence-electron chi connectivity index (χ0n) is 12.6. The smallest absolute Gasteiger partial charge is 0.333 e. The first-order valence-electron chi connectivity index (χ1n) is 7.44. The van der Waals surface area contributed by atoms with Gasteiger partial charge in [0.15, 0.2) is 5.41 Å². The van der Waals surface area contributed by atoms with Gasteiger partial charge in [-0.25, -0.2) is 4.79 Å². The molecule has 2 aliphatic rings. The van der Waals surface area contributed by atoms with Crippen LogP contribution < -0.4 is 0 Å². The van der Waals surface area contributed by atoms with E-state index in [-0.39, 0.29) is 5.91 Å². The van der Waals surface area contributed by atoms with Crippen molar-refractivity contribution in [3.8, 4) is 0 Å². The number of esters is 1. The van der Waals surface area contributed by atoms with E-state index >= 15 is 0 Å². The highest BCUT2D eigenvalue weighted by atomic mass is 16.6. The lowest BCUT2D eigenvalue weighted by molar-refractivity contribution is -0.213. The van der Waals surface area contributed by atoms with Gasteiger partial charge in [-0.15, -0.1) is 0 Å². The van der Waals surface area contributed by atoms with Gasteiger partial charge in [-0.1, -0.05) is 60.7 Å². The van der Waals surface area contributed by atoms with Crippen LogP contribution in [0.5, 0.6) is 0 Å². The Hall–Kier alpha value is -2.88. The van der Waals surface area contributed by atoms with Crippen molar-refractivity contribution in [1.29, 1.82) is 0 Å². The summed E-state index contributed by atoms with van der Waals surface area (Å²) in [5.41, 5.74) is -0.529. The van der Waals surface area contributed by atoms with Crippen LogP contribution in [0, 0.1) is 0 Å². The lowest BCUT2D eigenvalue weighted by Crippen LogP contribution is -2.79. The van der Waals surface area contributed by atoms with Crippen LogP contribution in [0.2, 0.25) is 0 Å².